The van der Waals surface area contributed by atoms with Crippen molar-refractivity contribution in [2.24, 2.45) is 5.92 Å². The summed E-state index contributed by atoms with van der Waals surface area (Å²) in [5.41, 5.74) is 1.99. The highest BCUT2D eigenvalue weighted by Gasteiger charge is 2.41. The Kier molecular flexibility index (Phi) is 7.23. The van der Waals surface area contributed by atoms with Crippen molar-refractivity contribution >= 4 is 28.8 Å². The lowest BCUT2D eigenvalue weighted by Gasteiger charge is -2.40. The lowest BCUT2D eigenvalue weighted by atomic mass is 9.86. The number of carbonyl (C=O) groups excluding carboxylic acids is 2. The van der Waals surface area contributed by atoms with Crippen LogP contribution in [0.3, 0.4) is 0 Å². The molecule has 150 valence electrons. The van der Waals surface area contributed by atoms with Crippen LogP contribution < -0.4 is 10.2 Å². The van der Waals surface area contributed by atoms with E-state index >= 15 is 0 Å². The zero-order chi connectivity index (χ0) is 19.9. The molecule has 1 fully saturated rings. The maximum Gasteiger partial charge on any atom is 0.227 e. The molecule has 1 aromatic heterocycles. The predicted molar refractivity (Wildman–Crippen MR) is 113 cm³/mol. The standard InChI is InChI=1S/C22H28N2O3S/c1-3-27-14-5-13-23-22(26)18-11-12-20(25)24(17-9-7-16(2)8-10-17)21(18)19-6-4-15-28-19/h4,6-10,15,18,21H,3,5,11-14H2,1-2H3,(H,23,26)/t18-,21+/m0/s1. The maximum atomic E-state index is 13.0. The Morgan fingerprint density at radius 2 is 2.07 bits per heavy atom. The molecular weight excluding hydrogens is 372 g/mol. The summed E-state index contributed by atoms with van der Waals surface area (Å²) >= 11 is 1.60. The van der Waals surface area contributed by atoms with Crippen molar-refractivity contribution in [2.45, 2.75) is 39.2 Å². The highest BCUT2D eigenvalue weighted by atomic mass is 32.1. The second kappa shape index (κ2) is 9.85. The minimum atomic E-state index is -0.268. The van der Waals surface area contributed by atoms with E-state index in [0.717, 1.165) is 22.5 Å². The molecule has 5 nitrogen and oxygen atoms in total. The fourth-order valence-corrected chi connectivity index (χ4v) is 4.50. The van der Waals surface area contributed by atoms with Gasteiger partial charge in [0.15, 0.2) is 0 Å². The summed E-state index contributed by atoms with van der Waals surface area (Å²) in [7, 11) is 0. The van der Waals surface area contributed by atoms with E-state index in [1.54, 1.807) is 11.3 Å². The fourth-order valence-electron chi connectivity index (χ4n) is 3.62. The second-order valence-corrected chi connectivity index (χ2v) is 8.03. The molecule has 1 N–H and O–H groups in total. The molecule has 2 aromatic rings. The van der Waals surface area contributed by atoms with E-state index in [2.05, 4.69) is 5.32 Å². The van der Waals surface area contributed by atoms with Crippen molar-refractivity contribution in [1.82, 2.24) is 5.32 Å². The van der Waals surface area contributed by atoms with Crippen LogP contribution in [0, 0.1) is 12.8 Å². The monoisotopic (exact) mass is 400 g/mol. The first-order chi connectivity index (χ1) is 13.6. The number of anilines is 1. The Bertz CT molecular complexity index is 774. The Morgan fingerprint density at radius 1 is 1.29 bits per heavy atom. The molecule has 0 unspecified atom stereocenters. The minimum Gasteiger partial charge on any atom is -0.382 e. The third-order valence-corrected chi connectivity index (χ3v) is 5.99. The lowest BCUT2D eigenvalue weighted by molar-refractivity contribution is -0.129. The molecule has 0 spiro atoms. The van der Waals surface area contributed by atoms with E-state index in [-0.39, 0.29) is 23.8 Å². The summed E-state index contributed by atoms with van der Waals surface area (Å²) in [6.45, 7) is 5.90. The van der Waals surface area contributed by atoms with Crippen molar-refractivity contribution in [3.63, 3.8) is 0 Å². The number of carbonyl (C=O) groups is 2. The van der Waals surface area contributed by atoms with Gasteiger partial charge in [0.05, 0.1) is 12.0 Å². The molecule has 3 rings (SSSR count). The zero-order valence-corrected chi connectivity index (χ0v) is 17.3. The van der Waals surface area contributed by atoms with Gasteiger partial charge in [0.1, 0.15) is 0 Å². The van der Waals surface area contributed by atoms with E-state index in [4.69, 9.17) is 4.74 Å². The quantitative estimate of drug-likeness (QED) is 0.679. The number of hydrogen-bond acceptors (Lipinski definition) is 4. The summed E-state index contributed by atoms with van der Waals surface area (Å²) < 4.78 is 5.34. The number of benzene rings is 1. The van der Waals surface area contributed by atoms with Gasteiger partial charge in [-0.15, -0.1) is 11.3 Å². The Balaban J connectivity index is 1.82. The smallest absolute Gasteiger partial charge is 0.227 e. The third kappa shape index (κ3) is 4.80. The van der Waals surface area contributed by atoms with Gasteiger partial charge in [0.2, 0.25) is 11.8 Å². The normalized spacial score (nSPS) is 19.6. The second-order valence-electron chi connectivity index (χ2n) is 7.05. The third-order valence-electron chi connectivity index (χ3n) is 5.05. The van der Waals surface area contributed by atoms with Crippen LogP contribution in [-0.2, 0) is 14.3 Å². The number of aryl methyl sites for hydroxylation is 1. The molecule has 0 bridgehead atoms. The average molecular weight is 401 g/mol. The van der Waals surface area contributed by atoms with Gasteiger partial charge in [0.25, 0.3) is 0 Å². The Morgan fingerprint density at radius 3 is 2.75 bits per heavy atom. The van der Waals surface area contributed by atoms with Gasteiger partial charge in [-0.05, 0) is 50.3 Å². The van der Waals surface area contributed by atoms with Crippen molar-refractivity contribution in [2.75, 3.05) is 24.7 Å². The summed E-state index contributed by atoms with van der Waals surface area (Å²) in [5, 5.41) is 5.05. The lowest BCUT2D eigenvalue weighted by Crippen LogP contribution is -2.48. The zero-order valence-electron chi connectivity index (χ0n) is 16.5. The summed E-state index contributed by atoms with van der Waals surface area (Å²) in [6.07, 6.45) is 1.74. The van der Waals surface area contributed by atoms with Crippen LogP contribution in [0.15, 0.2) is 41.8 Å². The van der Waals surface area contributed by atoms with Crippen LogP contribution in [-0.4, -0.2) is 31.6 Å². The molecule has 28 heavy (non-hydrogen) atoms. The largest absolute Gasteiger partial charge is 0.382 e. The van der Waals surface area contributed by atoms with E-state index in [0.29, 0.717) is 32.6 Å². The molecule has 0 saturated carbocycles. The average Bonchev–Trinajstić information content (AvgIpc) is 3.23. The molecule has 1 aliphatic heterocycles. The molecule has 6 heteroatoms. The number of piperidine rings is 1. The molecule has 1 aliphatic rings. The summed E-state index contributed by atoms with van der Waals surface area (Å²) in [6, 6.07) is 11.7. The summed E-state index contributed by atoms with van der Waals surface area (Å²) in [4.78, 5) is 28.7. The minimum absolute atomic E-state index is 0.0134. The van der Waals surface area contributed by atoms with Crippen molar-refractivity contribution in [3.05, 3.63) is 52.2 Å². The molecule has 2 atom stereocenters. The van der Waals surface area contributed by atoms with Gasteiger partial charge in [-0.25, -0.2) is 0 Å². The molecular formula is C22H28N2O3S. The van der Waals surface area contributed by atoms with Crippen molar-refractivity contribution in [3.8, 4) is 0 Å². The van der Waals surface area contributed by atoms with Gasteiger partial charge in [-0.2, -0.15) is 0 Å². The number of rotatable bonds is 8. The van der Waals surface area contributed by atoms with Crippen LogP contribution in [0.5, 0.6) is 0 Å². The number of hydrogen-bond donors (Lipinski definition) is 1. The first-order valence-electron chi connectivity index (χ1n) is 9.89. The van der Waals surface area contributed by atoms with E-state index in [1.807, 2.05) is 60.5 Å². The van der Waals surface area contributed by atoms with Gasteiger partial charge < -0.3 is 15.0 Å². The van der Waals surface area contributed by atoms with Gasteiger partial charge in [-0.3, -0.25) is 9.59 Å². The molecule has 0 radical (unpaired) electrons. The molecule has 1 aromatic carbocycles. The molecule has 1 saturated heterocycles. The van der Waals surface area contributed by atoms with Crippen LogP contribution in [0.2, 0.25) is 0 Å². The predicted octanol–water partition coefficient (Wildman–Crippen LogP) is 4.08. The highest BCUT2D eigenvalue weighted by molar-refractivity contribution is 7.10. The number of nitrogens with one attached hydrogen (secondary N) is 1. The number of ether oxygens (including phenoxy) is 1. The van der Waals surface area contributed by atoms with E-state index < -0.39 is 0 Å². The number of nitrogens with zero attached hydrogens (tertiary/aromatic N) is 1. The van der Waals surface area contributed by atoms with Gasteiger partial charge >= 0.3 is 0 Å². The molecule has 2 heterocycles. The van der Waals surface area contributed by atoms with Crippen LogP contribution >= 0.6 is 11.3 Å². The molecule has 0 aliphatic carbocycles. The van der Waals surface area contributed by atoms with Crippen LogP contribution in [0.1, 0.15) is 42.7 Å². The van der Waals surface area contributed by atoms with E-state index in [1.165, 1.54) is 0 Å². The van der Waals surface area contributed by atoms with Gasteiger partial charge in [-0.1, -0.05) is 23.8 Å². The fraction of sp³-hybridized carbons (Fsp3) is 0.455. The van der Waals surface area contributed by atoms with E-state index in [9.17, 15) is 9.59 Å². The van der Waals surface area contributed by atoms with Crippen molar-refractivity contribution in [1.29, 1.82) is 0 Å². The highest BCUT2D eigenvalue weighted by Crippen LogP contribution is 2.41. The van der Waals surface area contributed by atoms with Crippen LogP contribution in [0.25, 0.3) is 0 Å². The van der Waals surface area contributed by atoms with Crippen molar-refractivity contribution < 1.29 is 14.3 Å². The van der Waals surface area contributed by atoms with Gasteiger partial charge in [0, 0.05) is 36.7 Å². The number of amides is 2. The summed E-state index contributed by atoms with van der Waals surface area (Å²) in [5.74, 6) is -0.174. The Labute approximate surface area is 170 Å². The maximum absolute atomic E-state index is 13.0. The molecule has 2 amide bonds. The topological polar surface area (TPSA) is 58.6 Å². The Hall–Kier alpha value is -2.18. The first kappa shape index (κ1) is 20.6. The van der Waals surface area contributed by atoms with Crippen LogP contribution in [0.4, 0.5) is 5.69 Å². The number of thiophene rings is 1. The first-order valence-corrected chi connectivity index (χ1v) is 10.8. The SMILES string of the molecule is CCOCCCNC(=O)[C@H]1CCC(=O)N(c2ccc(C)cc2)[C@H]1c1cccs1.